The van der Waals surface area contributed by atoms with E-state index in [1.54, 1.807) is 0 Å². The molecule has 1 aliphatic heterocycles. The molecule has 0 aromatic heterocycles. The van der Waals surface area contributed by atoms with Gasteiger partial charge in [-0.25, -0.2) is 0 Å². The van der Waals surface area contributed by atoms with Crippen LogP contribution < -0.4 is 0 Å². The van der Waals surface area contributed by atoms with Crippen molar-refractivity contribution in [2.75, 3.05) is 0 Å². The highest BCUT2D eigenvalue weighted by Gasteiger charge is 1.96. The Morgan fingerprint density at radius 2 is 1.80 bits per heavy atom. The third-order valence-corrected chi connectivity index (χ3v) is 1.75. The van der Waals surface area contributed by atoms with Crippen LogP contribution in [0.5, 0.6) is 0 Å². The van der Waals surface area contributed by atoms with Gasteiger partial charge in [-0.2, -0.15) is 0 Å². The normalized spacial score (nSPS) is 12.0. The molecule has 0 radical (unpaired) electrons. The molecule has 0 amide bonds. The van der Waals surface area contributed by atoms with Gasteiger partial charge in [0.25, 0.3) is 0 Å². The minimum absolute atomic E-state index is 1.50. The molecule has 0 aromatic carbocycles. The van der Waals surface area contributed by atoms with Gasteiger partial charge in [0, 0.05) is 9.06 Å². The van der Waals surface area contributed by atoms with Gasteiger partial charge >= 0.3 is 0 Å². The molecule has 0 unspecified atom stereocenters. The molecular formula is C4H2S. The summed E-state index contributed by atoms with van der Waals surface area (Å²) in [5.41, 5.74) is 0. The Hall–Kier alpha value is -0.300. The van der Waals surface area contributed by atoms with Crippen LogP contribution in [0, 0.1) is 9.06 Å². The van der Waals surface area contributed by atoms with Gasteiger partial charge in [0.15, 0.2) is 0 Å². The molecule has 1 aliphatic carbocycles. The molecule has 5 heavy (non-hydrogen) atoms. The van der Waals surface area contributed by atoms with E-state index < -0.39 is 0 Å². The van der Waals surface area contributed by atoms with Crippen LogP contribution in [0.15, 0.2) is 12.1 Å². The van der Waals surface area contributed by atoms with Crippen LogP contribution in [0.2, 0.25) is 0 Å². The number of hydrogen-bond donors (Lipinski definition) is 0. The van der Waals surface area contributed by atoms with Gasteiger partial charge < -0.3 is 0 Å². The smallest absolute Gasteiger partial charge is 0.0449 e. The molecule has 1 heterocycles. The van der Waals surface area contributed by atoms with E-state index >= 15 is 0 Å². The fourth-order valence-corrected chi connectivity index (χ4v) is 0.975. The Labute approximate surface area is 33.4 Å². The van der Waals surface area contributed by atoms with Crippen LogP contribution in [-0.2, 0) is 0 Å². The monoisotopic (exact) mass is 82.0 g/mol. The highest BCUT2D eigenvalue weighted by molar-refractivity contribution is 7.14. The van der Waals surface area contributed by atoms with Gasteiger partial charge in [0.05, 0.1) is 0 Å². The number of rotatable bonds is 0. The zero-order valence-electron chi connectivity index (χ0n) is 2.56. The Morgan fingerprint density at radius 3 is 1.80 bits per heavy atom. The summed E-state index contributed by atoms with van der Waals surface area (Å²) in [6.45, 7) is 0. The summed E-state index contributed by atoms with van der Waals surface area (Å²) in [7, 11) is 0. The van der Waals surface area contributed by atoms with Crippen LogP contribution in [0.4, 0.5) is 0 Å². The second kappa shape index (κ2) is 0.356. The lowest BCUT2D eigenvalue weighted by Crippen LogP contribution is -1.46. The van der Waals surface area contributed by atoms with Crippen molar-refractivity contribution in [2.24, 2.45) is 0 Å². The van der Waals surface area contributed by atoms with Crippen LogP contribution in [0.1, 0.15) is 0 Å². The predicted molar refractivity (Wildman–Crippen MR) is 22.0 cm³/mol. The van der Waals surface area contributed by atoms with Gasteiger partial charge in [-0.1, -0.05) is 0 Å². The lowest BCUT2D eigenvalue weighted by molar-refractivity contribution is 1.72. The second-order valence-electron chi connectivity index (χ2n) is 1.16. The minimum atomic E-state index is 1.50. The van der Waals surface area contributed by atoms with Gasteiger partial charge in [-0.15, -0.1) is 11.3 Å². The first-order valence-corrected chi connectivity index (χ1v) is 2.39. The standard InChI is InChI=1S/C4H2S/c1-2-4-3(1)5-4/h1-2H. The lowest BCUT2D eigenvalue weighted by atomic mass is 10.4. The summed E-state index contributed by atoms with van der Waals surface area (Å²) in [5.74, 6) is 0. The van der Waals surface area contributed by atoms with Gasteiger partial charge in [0.2, 0.25) is 0 Å². The highest BCUT2D eigenvalue weighted by atomic mass is 32.1. The molecule has 0 aromatic rings. The molecule has 0 fully saturated rings. The van der Waals surface area contributed by atoms with E-state index in [1.807, 2.05) is 11.3 Å². The van der Waals surface area contributed by atoms with Crippen molar-refractivity contribution < 1.29 is 0 Å². The summed E-state index contributed by atoms with van der Waals surface area (Å²) in [5, 5.41) is 0. The first kappa shape index (κ1) is 1.98. The third kappa shape index (κ3) is 0.0934. The molecule has 0 atom stereocenters. The largest absolute Gasteiger partial charge is 0.134 e. The van der Waals surface area contributed by atoms with E-state index in [1.165, 1.54) is 9.06 Å². The quantitative estimate of drug-likeness (QED) is 0.450. The van der Waals surface area contributed by atoms with E-state index in [-0.39, 0.29) is 0 Å². The summed E-state index contributed by atoms with van der Waals surface area (Å²) in [4.78, 5) is 0. The van der Waals surface area contributed by atoms with Crippen molar-refractivity contribution in [3.05, 3.63) is 21.2 Å². The van der Waals surface area contributed by atoms with Crippen LogP contribution in [0.3, 0.4) is 0 Å². The first-order valence-electron chi connectivity index (χ1n) is 1.57. The maximum atomic E-state index is 2.14. The number of thiophene rings is 1. The van der Waals surface area contributed by atoms with Crippen molar-refractivity contribution in [3.63, 3.8) is 0 Å². The van der Waals surface area contributed by atoms with Gasteiger partial charge in [-0.05, 0) is 12.1 Å². The Balaban J connectivity index is 3.52. The topological polar surface area (TPSA) is 0 Å². The van der Waals surface area contributed by atoms with Crippen molar-refractivity contribution in [1.82, 2.24) is 0 Å². The van der Waals surface area contributed by atoms with E-state index in [2.05, 4.69) is 12.1 Å². The van der Waals surface area contributed by atoms with Gasteiger partial charge in [0.1, 0.15) is 0 Å². The molecule has 0 N–H and O–H groups in total. The second-order valence-corrected chi connectivity index (χ2v) is 2.25. The summed E-state index contributed by atoms with van der Waals surface area (Å²) in [6.07, 6.45) is 0. The van der Waals surface area contributed by atoms with E-state index in [0.29, 0.717) is 0 Å². The zero-order valence-corrected chi connectivity index (χ0v) is 3.38. The molecule has 2 rings (SSSR count). The predicted octanol–water partition coefficient (Wildman–Crippen LogP) is 1.35. The molecule has 0 bridgehead atoms. The molecular weight excluding hydrogens is 80.1 g/mol. The van der Waals surface area contributed by atoms with E-state index in [0.717, 1.165) is 0 Å². The van der Waals surface area contributed by atoms with Gasteiger partial charge in [-0.3, -0.25) is 0 Å². The van der Waals surface area contributed by atoms with Crippen LogP contribution >= 0.6 is 11.3 Å². The highest BCUT2D eigenvalue weighted by Crippen LogP contribution is 2.19. The molecule has 0 saturated carbocycles. The zero-order chi connectivity index (χ0) is 3.28. The average Bonchev–Trinajstić information content (AvgIpc) is 1.74. The Bertz CT molecular complexity index is 198. The Morgan fingerprint density at radius 1 is 1.20 bits per heavy atom. The molecule has 0 spiro atoms. The molecule has 0 nitrogen and oxygen atoms in total. The molecule has 2 aliphatic rings. The third-order valence-electron chi connectivity index (χ3n) is 0.807. The lowest BCUT2D eigenvalue weighted by Gasteiger charge is -1.58. The summed E-state index contributed by atoms with van der Waals surface area (Å²) < 4.78 is 3.01. The first-order chi connectivity index (χ1) is 2.47. The van der Waals surface area contributed by atoms with Crippen LogP contribution in [-0.4, -0.2) is 0 Å². The SMILES string of the molecule is c1cc2sc1=2. The van der Waals surface area contributed by atoms with Crippen LogP contribution in [0.25, 0.3) is 0 Å². The summed E-state index contributed by atoms with van der Waals surface area (Å²) in [6, 6.07) is 4.28. The molecule has 24 valence electrons. The number of hydrogen-bond acceptors (Lipinski definition) is 1. The van der Waals surface area contributed by atoms with Crippen molar-refractivity contribution in [2.45, 2.75) is 0 Å². The fourth-order valence-electron chi connectivity index (χ4n) is 0.380. The molecule has 1 heteroatoms. The van der Waals surface area contributed by atoms with E-state index in [4.69, 9.17) is 0 Å². The van der Waals surface area contributed by atoms with E-state index in [9.17, 15) is 0 Å². The Kier molecular flexibility index (Phi) is 0.141. The van der Waals surface area contributed by atoms with Crippen molar-refractivity contribution >= 4 is 11.3 Å². The molecule has 0 saturated heterocycles. The maximum Gasteiger partial charge on any atom is 0.0449 e. The summed E-state index contributed by atoms with van der Waals surface area (Å²) >= 11 is 1.88. The maximum absolute atomic E-state index is 2.14. The minimum Gasteiger partial charge on any atom is -0.134 e. The average molecular weight is 82.1 g/mol. The van der Waals surface area contributed by atoms with Crippen molar-refractivity contribution in [3.8, 4) is 0 Å². The van der Waals surface area contributed by atoms with Crippen molar-refractivity contribution in [1.29, 1.82) is 0 Å². The fraction of sp³-hybridized carbons (Fsp3) is 0.